The van der Waals surface area contributed by atoms with Crippen LogP contribution in [0, 0.1) is 0 Å². The van der Waals surface area contributed by atoms with Gasteiger partial charge in [-0.3, -0.25) is 0 Å². The van der Waals surface area contributed by atoms with Gasteiger partial charge in [-0.25, -0.2) is 4.79 Å². The highest BCUT2D eigenvalue weighted by molar-refractivity contribution is 5.96. The molecule has 1 heterocycles. The minimum atomic E-state index is -0.971. The Morgan fingerprint density at radius 1 is 1.41 bits per heavy atom. The molecule has 0 fully saturated rings. The van der Waals surface area contributed by atoms with Crippen molar-refractivity contribution in [1.82, 2.24) is 0 Å². The average Bonchev–Trinajstić information content (AvgIpc) is 2.57. The molecule has 2 rings (SSSR count). The molecule has 1 aliphatic rings. The van der Waals surface area contributed by atoms with Gasteiger partial charge in [-0.2, -0.15) is 0 Å². The SMILES string of the molecule is C[C@H](O)[C@H](O)C[C@H]1OC(=O)c2c(O)cccc21. The Kier molecular flexibility index (Phi) is 3.04. The minimum Gasteiger partial charge on any atom is -0.507 e. The first kappa shape index (κ1) is 11.9. The van der Waals surface area contributed by atoms with Gasteiger partial charge in [-0.15, -0.1) is 0 Å². The molecule has 17 heavy (non-hydrogen) atoms. The number of rotatable bonds is 3. The maximum Gasteiger partial charge on any atom is 0.342 e. The number of phenolic OH excluding ortho intramolecular Hbond substituents is 1. The van der Waals surface area contributed by atoms with Gasteiger partial charge in [0.05, 0.1) is 12.2 Å². The normalized spacial score (nSPS) is 21.8. The number of aliphatic hydroxyl groups excluding tert-OH is 2. The predicted molar refractivity (Wildman–Crippen MR) is 58.6 cm³/mol. The quantitative estimate of drug-likeness (QED) is 0.676. The lowest BCUT2D eigenvalue weighted by molar-refractivity contribution is -0.0128. The molecule has 92 valence electrons. The van der Waals surface area contributed by atoms with Crippen molar-refractivity contribution >= 4 is 5.97 Å². The van der Waals surface area contributed by atoms with Crippen LogP contribution in [0.5, 0.6) is 5.75 Å². The van der Waals surface area contributed by atoms with Gasteiger partial charge in [0.25, 0.3) is 0 Å². The van der Waals surface area contributed by atoms with Crippen molar-refractivity contribution in [3.63, 3.8) is 0 Å². The number of phenols is 1. The number of aliphatic hydroxyl groups is 2. The maximum absolute atomic E-state index is 11.5. The molecule has 3 N–H and O–H groups in total. The van der Waals surface area contributed by atoms with Gasteiger partial charge >= 0.3 is 5.97 Å². The fraction of sp³-hybridized carbons (Fsp3) is 0.417. The molecule has 3 atom stereocenters. The summed E-state index contributed by atoms with van der Waals surface area (Å²) in [5, 5.41) is 28.3. The van der Waals surface area contributed by atoms with Gasteiger partial charge in [0.15, 0.2) is 0 Å². The molecule has 5 nitrogen and oxygen atoms in total. The van der Waals surface area contributed by atoms with Crippen molar-refractivity contribution in [2.75, 3.05) is 0 Å². The Morgan fingerprint density at radius 3 is 2.76 bits per heavy atom. The molecule has 0 saturated carbocycles. The molecule has 0 amide bonds. The van der Waals surface area contributed by atoms with E-state index < -0.39 is 24.3 Å². The fourth-order valence-corrected chi connectivity index (χ4v) is 1.89. The molecule has 0 radical (unpaired) electrons. The van der Waals surface area contributed by atoms with Gasteiger partial charge in [0.1, 0.15) is 17.4 Å². The van der Waals surface area contributed by atoms with E-state index in [1.165, 1.54) is 13.0 Å². The lowest BCUT2D eigenvalue weighted by atomic mass is 9.98. The van der Waals surface area contributed by atoms with Crippen LogP contribution in [0.1, 0.15) is 35.4 Å². The van der Waals surface area contributed by atoms with Crippen LogP contribution in [0.2, 0.25) is 0 Å². The van der Waals surface area contributed by atoms with E-state index in [2.05, 4.69) is 0 Å². The van der Waals surface area contributed by atoms with E-state index >= 15 is 0 Å². The first-order chi connectivity index (χ1) is 8.00. The van der Waals surface area contributed by atoms with E-state index in [0.717, 1.165) is 0 Å². The second-order valence-corrected chi connectivity index (χ2v) is 4.18. The van der Waals surface area contributed by atoms with Crippen molar-refractivity contribution in [3.8, 4) is 5.75 Å². The smallest absolute Gasteiger partial charge is 0.342 e. The minimum absolute atomic E-state index is 0.111. The highest BCUT2D eigenvalue weighted by atomic mass is 16.5. The molecule has 0 aliphatic carbocycles. The lowest BCUT2D eigenvalue weighted by Gasteiger charge is -2.17. The van der Waals surface area contributed by atoms with Crippen LogP contribution < -0.4 is 0 Å². The van der Waals surface area contributed by atoms with Gasteiger partial charge in [0.2, 0.25) is 0 Å². The molecule has 5 heteroatoms. The van der Waals surface area contributed by atoms with E-state index in [9.17, 15) is 20.1 Å². The number of carbonyl (C=O) groups excluding carboxylic acids is 1. The van der Waals surface area contributed by atoms with Crippen LogP contribution in [-0.4, -0.2) is 33.5 Å². The van der Waals surface area contributed by atoms with Crippen molar-refractivity contribution in [2.24, 2.45) is 0 Å². The third-order valence-electron chi connectivity index (χ3n) is 2.89. The predicted octanol–water partition coefficient (Wildman–Crippen LogP) is 0.735. The number of cyclic esters (lactones) is 1. The van der Waals surface area contributed by atoms with Crippen LogP contribution >= 0.6 is 0 Å². The fourth-order valence-electron chi connectivity index (χ4n) is 1.89. The Morgan fingerprint density at radius 2 is 2.12 bits per heavy atom. The van der Waals surface area contributed by atoms with Crippen LogP contribution in [0.25, 0.3) is 0 Å². The summed E-state index contributed by atoms with van der Waals surface area (Å²) in [4.78, 5) is 11.5. The zero-order valence-corrected chi connectivity index (χ0v) is 9.33. The Hall–Kier alpha value is -1.59. The standard InChI is InChI=1S/C12H14O5/c1-6(13)9(15)5-10-7-3-2-4-8(14)11(7)12(16)17-10/h2-4,6,9-10,13-15H,5H2,1H3/t6-,9+,10+/m0/s1. The summed E-state index contributed by atoms with van der Waals surface area (Å²) in [6, 6.07) is 4.69. The van der Waals surface area contributed by atoms with Crippen molar-refractivity contribution in [3.05, 3.63) is 29.3 Å². The summed E-state index contributed by atoms with van der Waals surface area (Å²) in [5.41, 5.74) is 0.699. The molecule has 1 aromatic rings. The second-order valence-electron chi connectivity index (χ2n) is 4.18. The molecule has 1 aromatic carbocycles. The van der Waals surface area contributed by atoms with Gasteiger partial charge < -0.3 is 20.1 Å². The van der Waals surface area contributed by atoms with Crippen molar-refractivity contribution in [1.29, 1.82) is 0 Å². The third-order valence-corrected chi connectivity index (χ3v) is 2.89. The number of carbonyl (C=O) groups is 1. The zero-order chi connectivity index (χ0) is 12.6. The Bertz CT molecular complexity index is 441. The molecule has 0 aromatic heterocycles. The van der Waals surface area contributed by atoms with Crippen LogP contribution in [0.3, 0.4) is 0 Å². The number of aromatic hydroxyl groups is 1. The molecule has 0 saturated heterocycles. The summed E-state index contributed by atoms with van der Waals surface area (Å²) in [6.45, 7) is 1.46. The molecule has 0 spiro atoms. The van der Waals surface area contributed by atoms with E-state index in [4.69, 9.17) is 4.74 Å². The van der Waals surface area contributed by atoms with Crippen LogP contribution in [0.4, 0.5) is 0 Å². The number of fused-ring (bicyclic) bond motifs is 1. The summed E-state index contributed by atoms with van der Waals surface area (Å²) in [7, 11) is 0. The number of benzene rings is 1. The topological polar surface area (TPSA) is 87.0 Å². The Balaban J connectivity index is 2.26. The average molecular weight is 238 g/mol. The monoisotopic (exact) mass is 238 g/mol. The first-order valence-electron chi connectivity index (χ1n) is 5.39. The molecule has 1 aliphatic heterocycles. The second kappa shape index (κ2) is 4.35. The van der Waals surface area contributed by atoms with E-state index in [1.54, 1.807) is 12.1 Å². The number of hydrogen-bond donors (Lipinski definition) is 3. The lowest BCUT2D eigenvalue weighted by Crippen LogP contribution is -2.24. The van der Waals surface area contributed by atoms with Crippen LogP contribution in [-0.2, 0) is 4.74 Å². The number of hydrogen-bond acceptors (Lipinski definition) is 5. The largest absolute Gasteiger partial charge is 0.507 e. The Labute approximate surface area is 98.3 Å². The summed E-state index contributed by atoms with van der Waals surface area (Å²) < 4.78 is 5.06. The summed E-state index contributed by atoms with van der Waals surface area (Å²) >= 11 is 0. The maximum atomic E-state index is 11.5. The summed E-state index contributed by atoms with van der Waals surface area (Å²) in [6.07, 6.45) is -2.37. The van der Waals surface area contributed by atoms with Crippen molar-refractivity contribution in [2.45, 2.75) is 31.7 Å². The third kappa shape index (κ3) is 2.11. The highest BCUT2D eigenvalue weighted by Gasteiger charge is 2.35. The van der Waals surface area contributed by atoms with Gasteiger partial charge in [-0.1, -0.05) is 12.1 Å². The molecule has 0 unspecified atom stereocenters. The van der Waals surface area contributed by atoms with Crippen molar-refractivity contribution < 1.29 is 24.9 Å². The zero-order valence-electron chi connectivity index (χ0n) is 9.33. The van der Waals surface area contributed by atoms with E-state index in [0.29, 0.717) is 5.56 Å². The van der Waals surface area contributed by atoms with Gasteiger partial charge in [0, 0.05) is 12.0 Å². The molecular formula is C12H14O5. The van der Waals surface area contributed by atoms with E-state index in [1.807, 2.05) is 0 Å². The summed E-state index contributed by atoms with van der Waals surface area (Å²) in [5.74, 6) is -0.720. The number of esters is 1. The first-order valence-corrected chi connectivity index (χ1v) is 5.39. The number of ether oxygens (including phenoxy) is 1. The van der Waals surface area contributed by atoms with Crippen LogP contribution in [0.15, 0.2) is 18.2 Å². The molecular weight excluding hydrogens is 224 g/mol. The van der Waals surface area contributed by atoms with E-state index in [-0.39, 0.29) is 17.7 Å². The highest BCUT2D eigenvalue weighted by Crippen LogP contribution is 2.38. The van der Waals surface area contributed by atoms with Gasteiger partial charge in [-0.05, 0) is 13.0 Å². The molecule has 0 bridgehead atoms.